The summed E-state index contributed by atoms with van der Waals surface area (Å²) in [5.41, 5.74) is 5.63. The second-order valence-electron chi connectivity index (χ2n) is 4.53. The summed E-state index contributed by atoms with van der Waals surface area (Å²) in [4.78, 5) is 14.0. The van der Waals surface area contributed by atoms with Crippen LogP contribution in [0.1, 0.15) is 13.3 Å². The SMILES string of the molecule is CC1CC(CN)CN1C(=O)C1CNC1. The fourth-order valence-electron chi connectivity index (χ4n) is 2.32. The first-order chi connectivity index (χ1) is 6.72. The van der Waals surface area contributed by atoms with Gasteiger partial charge in [0.05, 0.1) is 5.92 Å². The maximum atomic E-state index is 11.9. The molecule has 4 heteroatoms. The zero-order valence-electron chi connectivity index (χ0n) is 8.70. The van der Waals surface area contributed by atoms with Gasteiger partial charge in [0, 0.05) is 25.7 Å². The molecule has 0 spiro atoms. The van der Waals surface area contributed by atoms with Gasteiger partial charge in [-0.3, -0.25) is 4.79 Å². The van der Waals surface area contributed by atoms with E-state index >= 15 is 0 Å². The van der Waals surface area contributed by atoms with Gasteiger partial charge in [0.1, 0.15) is 0 Å². The van der Waals surface area contributed by atoms with Crippen LogP contribution < -0.4 is 11.1 Å². The third-order valence-corrected chi connectivity index (χ3v) is 3.41. The van der Waals surface area contributed by atoms with Gasteiger partial charge in [0.25, 0.3) is 0 Å². The molecule has 2 fully saturated rings. The maximum Gasteiger partial charge on any atom is 0.228 e. The van der Waals surface area contributed by atoms with Crippen LogP contribution in [0.15, 0.2) is 0 Å². The minimum absolute atomic E-state index is 0.231. The molecular formula is C10H19N3O. The number of hydrogen-bond donors (Lipinski definition) is 2. The van der Waals surface area contributed by atoms with E-state index in [1.165, 1.54) is 0 Å². The Hall–Kier alpha value is -0.610. The van der Waals surface area contributed by atoms with Crippen molar-refractivity contribution in [3.8, 4) is 0 Å². The Balaban J connectivity index is 1.93. The van der Waals surface area contributed by atoms with E-state index in [1.807, 2.05) is 4.90 Å². The molecule has 1 amide bonds. The van der Waals surface area contributed by atoms with E-state index in [4.69, 9.17) is 5.73 Å². The Labute approximate surface area is 84.8 Å². The minimum Gasteiger partial charge on any atom is -0.339 e. The smallest absolute Gasteiger partial charge is 0.228 e. The molecule has 0 aliphatic carbocycles. The topological polar surface area (TPSA) is 58.4 Å². The number of amides is 1. The van der Waals surface area contributed by atoms with Gasteiger partial charge < -0.3 is 16.0 Å². The largest absolute Gasteiger partial charge is 0.339 e. The Morgan fingerprint density at radius 3 is 2.71 bits per heavy atom. The van der Waals surface area contributed by atoms with Crippen molar-refractivity contribution in [3.63, 3.8) is 0 Å². The molecule has 80 valence electrons. The van der Waals surface area contributed by atoms with Crippen molar-refractivity contribution < 1.29 is 4.79 Å². The van der Waals surface area contributed by atoms with E-state index in [1.54, 1.807) is 0 Å². The predicted molar refractivity (Wildman–Crippen MR) is 54.7 cm³/mol. The van der Waals surface area contributed by atoms with Crippen molar-refractivity contribution in [2.75, 3.05) is 26.2 Å². The summed E-state index contributed by atoms with van der Waals surface area (Å²) in [6.45, 7) is 5.41. The lowest BCUT2D eigenvalue weighted by molar-refractivity contribution is -0.137. The van der Waals surface area contributed by atoms with E-state index < -0.39 is 0 Å². The summed E-state index contributed by atoms with van der Waals surface area (Å²) in [6, 6.07) is 0.386. The number of hydrogen-bond acceptors (Lipinski definition) is 3. The molecule has 2 heterocycles. The molecule has 0 bridgehead atoms. The van der Waals surface area contributed by atoms with Crippen LogP contribution in [0.5, 0.6) is 0 Å². The molecule has 2 rings (SSSR count). The third kappa shape index (κ3) is 1.64. The van der Waals surface area contributed by atoms with E-state index in [0.717, 1.165) is 26.1 Å². The summed E-state index contributed by atoms with van der Waals surface area (Å²) >= 11 is 0. The number of carbonyl (C=O) groups excluding carboxylic acids is 1. The highest BCUT2D eigenvalue weighted by molar-refractivity contribution is 5.80. The molecule has 0 saturated carbocycles. The third-order valence-electron chi connectivity index (χ3n) is 3.41. The second-order valence-corrected chi connectivity index (χ2v) is 4.53. The van der Waals surface area contributed by atoms with Gasteiger partial charge in [0.15, 0.2) is 0 Å². The number of nitrogens with one attached hydrogen (secondary N) is 1. The van der Waals surface area contributed by atoms with Crippen LogP contribution >= 0.6 is 0 Å². The minimum atomic E-state index is 0.231. The molecular weight excluding hydrogens is 178 g/mol. The van der Waals surface area contributed by atoms with Crippen LogP contribution in [-0.4, -0.2) is 43.0 Å². The van der Waals surface area contributed by atoms with Crippen molar-refractivity contribution in [3.05, 3.63) is 0 Å². The van der Waals surface area contributed by atoms with Crippen LogP contribution in [0.4, 0.5) is 0 Å². The Bertz CT molecular complexity index is 227. The number of likely N-dealkylation sites (tertiary alicyclic amines) is 1. The Kier molecular flexibility index (Phi) is 2.74. The molecule has 0 aromatic carbocycles. The highest BCUT2D eigenvalue weighted by atomic mass is 16.2. The maximum absolute atomic E-state index is 11.9. The number of nitrogens with zero attached hydrogens (tertiary/aromatic N) is 1. The molecule has 0 aromatic rings. The molecule has 2 atom stereocenters. The number of carbonyl (C=O) groups is 1. The van der Waals surface area contributed by atoms with Gasteiger partial charge in [-0.25, -0.2) is 0 Å². The molecule has 2 aliphatic rings. The van der Waals surface area contributed by atoms with Crippen molar-refractivity contribution in [1.82, 2.24) is 10.2 Å². The first-order valence-corrected chi connectivity index (χ1v) is 5.43. The quantitative estimate of drug-likeness (QED) is 0.621. The Morgan fingerprint density at radius 2 is 2.29 bits per heavy atom. The van der Waals surface area contributed by atoms with Gasteiger partial charge in [-0.2, -0.15) is 0 Å². The van der Waals surface area contributed by atoms with Gasteiger partial charge in [0.2, 0.25) is 5.91 Å². The zero-order valence-corrected chi connectivity index (χ0v) is 8.70. The molecule has 3 N–H and O–H groups in total. The Morgan fingerprint density at radius 1 is 1.57 bits per heavy atom. The van der Waals surface area contributed by atoms with Crippen molar-refractivity contribution >= 4 is 5.91 Å². The van der Waals surface area contributed by atoms with Crippen LogP contribution in [0.3, 0.4) is 0 Å². The zero-order chi connectivity index (χ0) is 10.1. The summed E-state index contributed by atoms with van der Waals surface area (Å²) in [7, 11) is 0. The molecule has 0 radical (unpaired) electrons. The second kappa shape index (κ2) is 3.87. The van der Waals surface area contributed by atoms with Gasteiger partial charge >= 0.3 is 0 Å². The number of nitrogens with two attached hydrogens (primary N) is 1. The molecule has 0 aromatic heterocycles. The average Bonchev–Trinajstić information content (AvgIpc) is 2.43. The normalized spacial score (nSPS) is 33.1. The fourth-order valence-corrected chi connectivity index (χ4v) is 2.32. The highest BCUT2D eigenvalue weighted by Gasteiger charge is 2.36. The van der Waals surface area contributed by atoms with Crippen LogP contribution in [-0.2, 0) is 4.79 Å². The summed E-state index contributed by atoms with van der Waals surface area (Å²) < 4.78 is 0. The van der Waals surface area contributed by atoms with Crippen molar-refractivity contribution in [2.45, 2.75) is 19.4 Å². The van der Waals surface area contributed by atoms with Crippen molar-refractivity contribution in [2.24, 2.45) is 17.6 Å². The monoisotopic (exact) mass is 197 g/mol. The van der Waals surface area contributed by atoms with Gasteiger partial charge in [-0.15, -0.1) is 0 Å². The van der Waals surface area contributed by atoms with Crippen LogP contribution in [0, 0.1) is 11.8 Å². The molecule has 4 nitrogen and oxygen atoms in total. The van der Waals surface area contributed by atoms with E-state index in [2.05, 4.69) is 12.2 Å². The standard InChI is InChI=1S/C10H19N3O/c1-7-2-8(3-11)6-13(7)10(14)9-4-12-5-9/h7-9,12H,2-6,11H2,1H3. The van der Waals surface area contributed by atoms with Crippen LogP contribution in [0.25, 0.3) is 0 Å². The number of rotatable bonds is 2. The predicted octanol–water partition coefficient (Wildman–Crippen LogP) is -0.598. The molecule has 2 saturated heterocycles. The molecule has 2 unspecified atom stereocenters. The van der Waals surface area contributed by atoms with E-state index in [0.29, 0.717) is 24.4 Å². The van der Waals surface area contributed by atoms with E-state index in [9.17, 15) is 4.79 Å². The van der Waals surface area contributed by atoms with E-state index in [-0.39, 0.29) is 5.92 Å². The lowest BCUT2D eigenvalue weighted by Gasteiger charge is -2.32. The molecule has 14 heavy (non-hydrogen) atoms. The van der Waals surface area contributed by atoms with Gasteiger partial charge in [-0.1, -0.05) is 0 Å². The van der Waals surface area contributed by atoms with Crippen LogP contribution in [0.2, 0.25) is 0 Å². The highest BCUT2D eigenvalue weighted by Crippen LogP contribution is 2.24. The first kappa shape index (κ1) is 9.93. The summed E-state index contributed by atoms with van der Waals surface area (Å²) in [5.74, 6) is 1.07. The van der Waals surface area contributed by atoms with Gasteiger partial charge in [-0.05, 0) is 25.8 Å². The summed E-state index contributed by atoms with van der Waals surface area (Å²) in [6.07, 6.45) is 1.07. The molecule has 2 aliphatic heterocycles. The lowest BCUT2D eigenvalue weighted by Crippen LogP contribution is -2.52. The lowest BCUT2D eigenvalue weighted by atomic mass is 10.0. The van der Waals surface area contributed by atoms with Crippen molar-refractivity contribution in [1.29, 1.82) is 0 Å². The first-order valence-electron chi connectivity index (χ1n) is 5.43. The average molecular weight is 197 g/mol. The fraction of sp³-hybridized carbons (Fsp3) is 0.900. The summed E-state index contributed by atoms with van der Waals surface area (Å²) in [5, 5.41) is 3.13.